The second kappa shape index (κ2) is 5.83. The lowest BCUT2D eigenvalue weighted by Gasteiger charge is -2.09. The summed E-state index contributed by atoms with van der Waals surface area (Å²) in [6, 6.07) is 31.3. The van der Waals surface area contributed by atoms with Crippen molar-refractivity contribution in [2.75, 3.05) is 5.32 Å². The van der Waals surface area contributed by atoms with Gasteiger partial charge in [-0.15, -0.1) is 0 Å². The van der Waals surface area contributed by atoms with Crippen LogP contribution in [0, 0.1) is 0 Å². The summed E-state index contributed by atoms with van der Waals surface area (Å²) in [5.74, 6) is 0.770. The van der Waals surface area contributed by atoms with Gasteiger partial charge in [0.2, 0.25) is 5.71 Å². The number of rotatable bonds is 2. The van der Waals surface area contributed by atoms with Crippen LogP contribution in [0.5, 0.6) is 0 Å². The monoisotopic (exact) mass is 360 g/mol. The molecule has 0 radical (unpaired) electrons. The third-order valence-corrected chi connectivity index (χ3v) is 5.26. The predicted octanol–water partition coefficient (Wildman–Crippen LogP) is 7.03. The average Bonchev–Trinajstić information content (AvgIpc) is 3.11. The Morgan fingerprint density at radius 2 is 1.36 bits per heavy atom. The lowest BCUT2D eigenvalue weighted by molar-refractivity contribution is 0.655. The Kier molecular flexibility index (Phi) is 3.17. The van der Waals surface area contributed by atoms with Crippen molar-refractivity contribution >= 4 is 55.1 Å². The van der Waals surface area contributed by atoms with Crippen LogP contribution >= 0.6 is 0 Å². The molecule has 2 aromatic heterocycles. The molecule has 0 aliphatic carbocycles. The van der Waals surface area contributed by atoms with E-state index in [1.54, 1.807) is 0 Å². The number of furan rings is 1. The first-order chi connectivity index (χ1) is 13.8. The van der Waals surface area contributed by atoms with Gasteiger partial charge < -0.3 is 9.73 Å². The highest BCUT2D eigenvalue weighted by Crippen LogP contribution is 2.31. The van der Waals surface area contributed by atoms with Gasteiger partial charge in [0, 0.05) is 16.5 Å². The molecule has 2 heterocycles. The van der Waals surface area contributed by atoms with Gasteiger partial charge in [-0.25, -0.2) is 0 Å². The fraction of sp³-hybridized carbons (Fsp3) is 0. The van der Waals surface area contributed by atoms with Crippen molar-refractivity contribution in [1.82, 2.24) is 4.98 Å². The fourth-order valence-corrected chi connectivity index (χ4v) is 3.91. The summed E-state index contributed by atoms with van der Waals surface area (Å²) < 4.78 is 5.90. The molecule has 4 aromatic carbocycles. The van der Waals surface area contributed by atoms with Crippen molar-refractivity contribution in [2.45, 2.75) is 0 Å². The second-order valence-electron chi connectivity index (χ2n) is 7.00. The van der Waals surface area contributed by atoms with Crippen LogP contribution in [0.25, 0.3) is 43.6 Å². The number of para-hydroxylation sites is 1. The van der Waals surface area contributed by atoms with E-state index in [-0.39, 0.29) is 0 Å². The maximum Gasteiger partial charge on any atom is 0.229 e. The van der Waals surface area contributed by atoms with Crippen LogP contribution in [0.1, 0.15) is 0 Å². The molecule has 0 bridgehead atoms. The highest BCUT2D eigenvalue weighted by molar-refractivity contribution is 6.08. The van der Waals surface area contributed by atoms with E-state index in [4.69, 9.17) is 4.42 Å². The molecule has 6 aromatic rings. The zero-order valence-electron chi connectivity index (χ0n) is 15.0. The molecule has 0 saturated heterocycles. The predicted molar refractivity (Wildman–Crippen MR) is 116 cm³/mol. The molecule has 0 atom stereocenters. The highest BCUT2D eigenvalue weighted by Gasteiger charge is 2.09. The van der Waals surface area contributed by atoms with E-state index in [1.165, 1.54) is 21.5 Å². The number of anilines is 2. The van der Waals surface area contributed by atoms with Gasteiger partial charge in [-0.05, 0) is 51.9 Å². The van der Waals surface area contributed by atoms with Gasteiger partial charge in [0.25, 0.3) is 0 Å². The van der Waals surface area contributed by atoms with Crippen LogP contribution in [0.3, 0.4) is 0 Å². The first-order valence-corrected chi connectivity index (χ1v) is 9.32. The van der Waals surface area contributed by atoms with E-state index in [0.29, 0.717) is 5.71 Å². The standard InChI is InChI=1S/C25H16N2O/c1-2-6-19-16(5-1)9-10-17-15-18(11-12-20(17)19)26-24-14-13-22-21-7-3-4-8-23(21)28-25(22)27-24/h1-15H,(H,26,27). The molecule has 6 rings (SSSR count). The summed E-state index contributed by atoms with van der Waals surface area (Å²) in [5.41, 5.74) is 2.52. The summed E-state index contributed by atoms with van der Waals surface area (Å²) in [7, 11) is 0. The van der Waals surface area contributed by atoms with Gasteiger partial charge in [0.05, 0.1) is 0 Å². The Morgan fingerprint density at radius 1 is 0.607 bits per heavy atom. The molecule has 0 saturated carbocycles. The molecular weight excluding hydrogens is 344 g/mol. The molecule has 0 aliphatic heterocycles. The van der Waals surface area contributed by atoms with Gasteiger partial charge in [-0.3, -0.25) is 0 Å². The largest absolute Gasteiger partial charge is 0.438 e. The van der Waals surface area contributed by atoms with Gasteiger partial charge in [-0.2, -0.15) is 4.98 Å². The number of nitrogens with one attached hydrogen (secondary N) is 1. The molecule has 0 unspecified atom stereocenters. The number of fused-ring (bicyclic) bond motifs is 6. The Bertz CT molecular complexity index is 1500. The van der Waals surface area contributed by atoms with E-state index in [1.807, 2.05) is 24.3 Å². The molecule has 132 valence electrons. The zero-order valence-corrected chi connectivity index (χ0v) is 15.0. The second-order valence-corrected chi connectivity index (χ2v) is 7.00. The Balaban J connectivity index is 1.42. The van der Waals surface area contributed by atoms with Gasteiger partial charge >= 0.3 is 0 Å². The number of nitrogens with zero attached hydrogens (tertiary/aromatic N) is 1. The minimum absolute atomic E-state index is 0.651. The van der Waals surface area contributed by atoms with Crippen LogP contribution in [0.4, 0.5) is 11.5 Å². The minimum atomic E-state index is 0.651. The number of hydrogen-bond acceptors (Lipinski definition) is 3. The Morgan fingerprint density at radius 3 is 2.32 bits per heavy atom. The smallest absolute Gasteiger partial charge is 0.229 e. The molecular formula is C25H16N2O. The molecule has 0 aliphatic rings. The molecule has 0 spiro atoms. The summed E-state index contributed by atoms with van der Waals surface area (Å²) in [4.78, 5) is 4.66. The van der Waals surface area contributed by atoms with Crippen molar-refractivity contribution in [1.29, 1.82) is 0 Å². The average molecular weight is 360 g/mol. The number of pyridine rings is 1. The fourth-order valence-electron chi connectivity index (χ4n) is 3.91. The van der Waals surface area contributed by atoms with Crippen molar-refractivity contribution < 1.29 is 4.42 Å². The van der Waals surface area contributed by atoms with Gasteiger partial charge in [0.15, 0.2) is 0 Å². The van der Waals surface area contributed by atoms with E-state index in [9.17, 15) is 0 Å². The maximum absolute atomic E-state index is 5.90. The third-order valence-electron chi connectivity index (χ3n) is 5.26. The number of hydrogen-bond donors (Lipinski definition) is 1. The molecule has 0 fully saturated rings. The maximum atomic E-state index is 5.90. The first-order valence-electron chi connectivity index (χ1n) is 9.32. The van der Waals surface area contributed by atoms with E-state index < -0.39 is 0 Å². The van der Waals surface area contributed by atoms with Crippen LogP contribution in [0.15, 0.2) is 95.4 Å². The van der Waals surface area contributed by atoms with Crippen LogP contribution in [-0.4, -0.2) is 4.98 Å². The summed E-state index contributed by atoms with van der Waals surface area (Å²) in [5, 5.41) is 10.5. The van der Waals surface area contributed by atoms with E-state index in [2.05, 4.69) is 77.0 Å². The van der Waals surface area contributed by atoms with Crippen molar-refractivity contribution in [3.63, 3.8) is 0 Å². The van der Waals surface area contributed by atoms with Crippen LogP contribution in [0.2, 0.25) is 0 Å². The molecule has 3 nitrogen and oxygen atoms in total. The summed E-state index contributed by atoms with van der Waals surface area (Å²) in [6.45, 7) is 0. The lowest BCUT2D eigenvalue weighted by Crippen LogP contribution is -1.93. The number of aromatic nitrogens is 1. The summed E-state index contributed by atoms with van der Waals surface area (Å²) >= 11 is 0. The molecule has 0 amide bonds. The summed E-state index contributed by atoms with van der Waals surface area (Å²) in [6.07, 6.45) is 0. The molecule has 1 N–H and O–H groups in total. The third kappa shape index (κ3) is 2.33. The number of benzene rings is 4. The van der Waals surface area contributed by atoms with E-state index >= 15 is 0 Å². The Labute approximate surface area is 161 Å². The van der Waals surface area contributed by atoms with Crippen LogP contribution in [-0.2, 0) is 0 Å². The van der Waals surface area contributed by atoms with Crippen molar-refractivity contribution in [3.8, 4) is 0 Å². The van der Waals surface area contributed by atoms with Crippen molar-refractivity contribution in [2.24, 2.45) is 0 Å². The normalized spacial score (nSPS) is 11.6. The molecule has 28 heavy (non-hydrogen) atoms. The van der Waals surface area contributed by atoms with E-state index in [0.717, 1.165) is 27.9 Å². The first kappa shape index (κ1) is 15.2. The quantitative estimate of drug-likeness (QED) is 0.337. The lowest BCUT2D eigenvalue weighted by atomic mass is 10.0. The Hall–Kier alpha value is -3.85. The highest BCUT2D eigenvalue weighted by atomic mass is 16.3. The molecule has 3 heteroatoms. The van der Waals surface area contributed by atoms with Crippen LogP contribution < -0.4 is 5.32 Å². The zero-order chi connectivity index (χ0) is 18.5. The van der Waals surface area contributed by atoms with Gasteiger partial charge in [0.1, 0.15) is 11.4 Å². The minimum Gasteiger partial charge on any atom is -0.438 e. The van der Waals surface area contributed by atoms with Crippen molar-refractivity contribution in [3.05, 3.63) is 91.0 Å². The van der Waals surface area contributed by atoms with Gasteiger partial charge in [-0.1, -0.05) is 60.7 Å². The topological polar surface area (TPSA) is 38.1 Å². The SMILES string of the molecule is c1ccc2c(c1)ccc1cc(Nc3ccc4c(n3)oc3ccccc34)ccc12.